The van der Waals surface area contributed by atoms with Crippen LogP contribution in [0.1, 0.15) is 18.0 Å². The number of esters is 1. The first-order valence-corrected chi connectivity index (χ1v) is 9.98. The number of benzene rings is 2. The Labute approximate surface area is 167 Å². The van der Waals surface area contributed by atoms with E-state index in [1.54, 1.807) is 24.3 Å². The largest absolute Gasteiger partial charge is 0.573 e. The maximum absolute atomic E-state index is 12.6. The number of methoxy groups -OCH3 is 1. The molecule has 2 aromatic carbocycles. The fourth-order valence-electron chi connectivity index (χ4n) is 2.28. The van der Waals surface area contributed by atoms with Crippen LogP contribution in [-0.4, -0.2) is 27.9 Å². The fraction of sp³-hybridized carbons (Fsp3) is 0.235. The molecule has 0 amide bonds. The lowest BCUT2D eigenvalue weighted by atomic mass is 10.1. The molecule has 0 unspecified atom stereocenters. The first-order valence-electron chi connectivity index (χ1n) is 7.70. The van der Waals surface area contributed by atoms with Crippen molar-refractivity contribution in [2.45, 2.75) is 23.7 Å². The summed E-state index contributed by atoms with van der Waals surface area (Å²) in [5.41, 5.74) is 0.500. The summed E-state index contributed by atoms with van der Waals surface area (Å²) in [6.45, 7) is 0. The second kappa shape index (κ2) is 8.93. The summed E-state index contributed by atoms with van der Waals surface area (Å²) in [5.74, 6) is -1.19. The van der Waals surface area contributed by atoms with Gasteiger partial charge >= 0.3 is 12.3 Å². The van der Waals surface area contributed by atoms with Gasteiger partial charge in [0.15, 0.2) is 0 Å². The van der Waals surface area contributed by atoms with Gasteiger partial charge in [0, 0.05) is 4.47 Å². The third-order valence-electron chi connectivity index (χ3n) is 3.51. The van der Waals surface area contributed by atoms with Crippen LogP contribution in [0.4, 0.5) is 13.2 Å². The highest BCUT2D eigenvalue weighted by molar-refractivity contribution is 9.10. The quantitative estimate of drug-likeness (QED) is 0.605. The summed E-state index contributed by atoms with van der Waals surface area (Å²) >= 11 is 3.27. The number of halogens is 4. The third kappa shape index (κ3) is 6.50. The van der Waals surface area contributed by atoms with E-state index in [1.807, 2.05) is 0 Å². The minimum absolute atomic E-state index is 0.276. The van der Waals surface area contributed by atoms with Crippen molar-refractivity contribution >= 4 is 31.9 Å². The van der Waals surface area contributed by atoms with Gasteiger partial charge in [0.25, 0.3) is 0 Å². The molecule has 1 N–H and O–H groups in total. The Kier molecular flexibility index (Phi) is 7.07. The number of hydrogen-bond donors (Lipinski definition) is 1. The van der Waals surface area contributed by atoms with Crippen molar-refractivity contribution in [1.29, 1.82) is 0 Å². The van der Waals surface area contributed by atoms with E-state index < -0.39 is 34.1 Å². The summed E-state index contributed by atoms with van der Waals surface area (Å²) < 4.78 is 73.3. The second-order valence-electron chi connectivity index (χ2n) is 5.53. The minimum atomic E-state index is -4.88. The van der Waals surface area contributed by atoms with Crippen LogP contribution in [0, 0.1) is 0 Å². The number of carbonyl (C=O) groups is 1. The number of carbonyl (C=O) groups excluding carboxylic acids is 1. The van der Waals surface area contributed by atoms with Crippen molar-refractivity contribution in [2.75, 3.05) is 7.11 Å². The van der Waals surface area contributed by atoms with Crippen LogP contribution < -0.4 is 9.46 Å². The van der Waals surface area contributed by atoms with Crippen LogP contribution in [0.2, 0.25) is 0 Å². The number of ether oxygens (including phenoxy) is 2. The van der Waals surface area contributed by atoms with Crippen molar-refractivity contribution in [1.82, 2.24) is 4.72 Å². The summed E-state index contributed by atoms with van der Waals surface area (Å²) in [7, 11) is -2.97. The summed E-state index contributed by atoms with van der Waals surface area (Å²) in [6.07, 6.45) is -5.16. The molecule has 0 spiro atoms. The maximum Gasteiger partial charge on any atom is 0.573 e. The number of alkyl halides is 3. The van der Waals surface area contributed by atoms with Crippen LogP contribution >= 0.6 is 15.9 Å². The Hall–Kier alpha value is -2.11. The summed E-state index contributed by atoms with van der Waals surface area (Å²) in [5, 5.41) is 0. The second-order valence-corrected chi connectivity index (χ2v) is 8.16. The van der Waals surface area contributed by atoms with Gasteiger partial charge in [-0.15, -0.1) is 13.2 Å². The Balaban J connectivity index is 2.27. The molecule has 152 valence electrons. The van der Waals surface area contributed by atoms with Crippen LogP contribution in [0.5, 0.6) is 5.75 Å². The van der Waals surface area contributed by atoms with Crippen LogP contribution in [0.15, 0.2) is 57.9 Å². The molecule has 0 saturated carbocycles. The van der Waals surface area contributed by atoms with Gasteiger partial charge in [0.2, 0.25) is 10.0 Å². The molecule has 2 rings (SSSR count). The third-order valence-corrected chi connectivity index (χ3v) is 5.50. The van der Waals surface area contributed by atoms with Gasteiger partial charge in [-0.25, -0.2) is 13.1 Å². The highest BCUT2D eigenvalue weighted by atomic mass is 79.9. The molecular weight excluding hydrogens is 467 g/mol. The zero-order valence-corrected chi connectivity index (χ0v) is 16.8. The maximum atomic E-state index is 12.6. The van der Waals surface area contributed by atoms with E-state index in [4.69, 9.17) is 0 Å². The SMILES string of the molecule is COC(=O)C[C@H](NS(=O)(=O)c1ccc(OC(F)(F)F)cc1)c1cccc(Br)c1. The molecule has 0 aliphatic heterocycles. The van der Waals surface area contributed by atoms with Gasteiger partial charge in [-0.05, 0) is 42.0 Å². The lowest BCUT2D eigenvalue weighted by Crippen LogP contribution is -2.30. The van der Waals surface area contributed by atoms with Crippen molar-refractivity contribution in [3.63, 3.8) is 0 Å². The first kappa shape index (κ1) is 22.2. The molecule has 0 aromatic heterocycles. The Bertz CT molecular complexity index is 933. The van der Waals surface area contributed by atoms with E-state index in [2.05, 4.69) is 30.1 Å². The van der Waals surface area contributed by atoms with Crippen molar-refractivity contribution in [3.8, 4) is 5.75 Å². The molecule has 2 aromatic rings. The highest BCUT2D eigenvalue weighted by Crippen LogP contribution is 2.26. The van der Waals surface area contributed by atoms with Crippen LogP contribution in [0.25, 0.3) is 0 Å². The average Bonchev–Trinajstić information content (AvgIpc) is 2.60. The van der Waals surface area contributed by atoms with E-state index in [-0.39, 0.29) is 11.3 Å². The Morgan fingerprint density at radius 3 is 2.36 bits per heavy atom. The lowest BCUT2D eigenvalue weighted by Gasteiger charge is -2.19. The minimum Gasteiger partial charge on any atom is -0.469 e. The predicted molar refractivity (Wildman–Crippen MR) is 97.0 cm³/mol. The highest BCUT2D eigenvalue weighted by Gasteiger charge is 2.31. The lowest BCUT2D eigenvalue weighted by molar-refractivity contribution is -0.274. The average molecular weight is 482 g/mol. The molecule has 28 heavy (non-hydrogen) atoms. The first-order chi connectivity index (χ1) is 13.0. The molecule has 0 bridgehead atoms. The zero-order chi connectivity index (χ0) is 20.9. The predicted octanol–water partition coefficient (Wildman–Crippen LogP) is 3.93. The molecule has 6 nitrogen and oxygen atoms in total. The Morgan fingerprint density at radius 1 is 1.18 bits per heavy atom. The van der Waals surface area contributed by atoms with Crippen LogP contribution in [0.3, 0.4) is 0 Å². The topological polar surface area (TPSA) is 81.7 Å². The van der Waals surface area contributed by atoms with Gasteiger partial charge < -0.3 is 9.47 Å². The zero-order valence-electron chi connectivity index (χ0n) is 14.4. The number of hydrogen-bond acceptors (Lipinski definition) is 5. The molecule has 11 heteroatoms. The Morgan fingerprint density at radius 2 is 1.82 bits per heavy atom. The van der Waals surface area contributed by atoms with Gasteiger partial charge in [-0.1, -0.05) is 28.1 Å². The van der Waals surface area contributed by atoms with Crippen molar-refractivity contribution in [2.24, 2.45) is 0 Å². The smallest absolute Gasteiger partial charge is 0.469 e. The molecule has 0 aliphatic rings. The number of rotatable bonds is 7. The number of nitrogens with one attached hydrogen (secondary N) is 1. The van der Waals surface area contributed by atoms with Crippen molar-refractivity contribution in [3.05, 3.63) is 58.6 Å². The van der Waals surface area contributed by atoms with Gasteiger partial charge in [-0.3, -0.25) is 4.79 Å². The van der Waals surface area contributed by atoms with Crippen molar-refractivity contribution < 1.29 is 35.9 Å². The fourth-order valence-corrected chi connectivity index (χ4v) is 3.92. The molecule has 0 radical (unpaired) electrons. The standard InChI is InChI=1S/C17H15BrF3NO5S/c1-26-16(23)10-15(11-3-2-4-12(18)9-11)22-28(24,25)14-7-5-13(6-8-14)27-17(19,20)21/h2-9,15,22H,10H2,1H3/t15-/m0/s1. The number of sulfonamides is 1. The molecule has 0 aliphatic carbocycles. The van der Waals surface area contributed by atoms with E-state index in [9.17, 15) is 26.4 Å². The summed E-state index contributed by atoms with van der Waals surface area (Å²) in [6, 6.07) is 9.43. The van der Waals surface area contributed by atoms with E-state index in [0.717, 1.165) is 24.3 Å². The van der Waals surface area contributed by atoms with Gasteiger partial charge in [0.05, 0.1) is 24.5 Å². The molecule has 0 heterocycles. The normalized spacial score (nSPS) is 13.0. The monoisotopic (exact) mass is 481 g/mol. The summed E-state index contributed by atoms with van der Waals surface area (Å²) in [4.78, 5) is 11.4. The molecular formula is C17H15BrF3NO5S. The molecule has 0 fully saturated rings. The van der Waals surface area contributed by atoms with Crippen LogP contribution in [-0.2, 0) is 19.6 Å². The van der Waals surface area contributed by atoms with E-state index >= 15 is 0 Å². The molecule has 1 atom stereocenters. The van der Waals surface area contributed by atoms with Gasteiger partial charge in [0.1, 0.15) is 5.75 Å². The van der Waals surface area contributed by atoms with Gasteiger partial charge in [-0.2, -0.15) is 0 Å². The van der Waals surface area contributed by atoms with E-state index in [0.29, 0.717) is 10.0 Å². The molecule has 0 saturated heterocycles. The van der Waals surface area contributed by atoms with E-state index in [1.165, 1.54) is 7.11 Å².